The normalized spacial score (nSPS) is 15.7. The van der Waals surface area contributed by atoms with E-state index in [2.05, 4.69) is 6.92 Å². The van der Waals surface area contributed by atoms with Crippen molar-refractivity contribution in [1.82, 2.24) is 0 Å². The molecule has 2 unspecified atom stereocenters. The molecule has 0 aliphatic rings. The van der Waals surface area contributed by atoms with Crippen LogP contribution in [0.4, 0.5) is 0 Å². The lowest BCUT2D eigenvalue weighted by Crippen LogP contribution is -2.55. The van der Waals surface area contributed by atoms with Crippen molar-refractivity contribution in [3.05, 3.63) is 0 Å². The van der Waals surface area contributed by atoms with Crippen LogP contribution in [0.3, 0.4) is 0 Å². The summed E-state index contributed by atoms with van der Waals surface area (Å²) in [6, 6.07) is 0.00451. The van der Waals surface area contributed by atoms with Crippen LogP contribution in [0, 0.1) is 0 Å². The molecule has 0 bridgehead atoms. The fourth-order valence-electron chi connectivity index (χ4n) is 2.17. The van der Waals surface area contributed by atoms with E-state index < -0.39 is 8.80 Å². The first kappa shape index (κ1) is 18.0. The topological polar surface area (TPSA) is 79.7 Å². The van der Waals surface area contributed by atoms with Crippen LogP contribution >= 0.6 is 0 Å². The van der Waals surface area contributed by atoms with Gasteiger partial charge < -0.3 is 24.7 Å². The quantitative estimate of drug-likeness (QED) is 0.560. The summed E-state index contributed by atoms with van der Waals surface area (Å²) < 4.78 is 17.7. The Kier molecular flexibility index (Phi) is 9.89. The van der Waals surface area contributed by atoms with Gasteiger partial charge in [0.2, 0.25) is 0 Å². The van der Waals surface area contributed by atoms with E-state index in [0.29, 0.717) is 26.4 Å². The Labute approximate surface area is 113 Å². The Balaban J connectivity index is 5.13. The van der Waals surface area contributed by atoms with Crippen LogP contribution in [0.25, 0.3) is 0 Å². The summed E-state index contributed by atoms with van der Waals surface area (Å²) in [4.78, 5) is 0. The Morgan fingerprint density at radius 1 is 0.944 bits per heavy atom. The molecule has 0 aromatic rings. The molecule has 0 heterocycles. The van der Waals surface area contributed by atoms with Gasteiger partial charge in [-0.25, -0.2) is 0 Å². The zero-order valence-electron chi connectivity index (χ0n) is 12.3. The Hall–Kier alpha value is 0.0169. The minimum atomic E-state index is -2.73. The predicted molar refractivity (Wildman–Crippen MR) is 76.3 cm³/mol. The van der Waals surface area contributed by atoms with Gasteiger partial charge in [-0.05, 0) is 40.2 Å². The lowest BCUT2D eigenvalue weighted by molar-refractivity contribution is 0.0566. The summed E-state index contributed by atoms with van der Waals surface area (Å²) >= 11 is 0. The Morgan fingerprint density at radius 2 is 1.39 bits per heavy atom. The smallest absolute Gasteiger partial charge is 0.374 e. The molecule has 0 amide bonds. The van der Waals surface area contributed by atoms with Crippen molar-refractivity contribution in [2.75, 3.05) is 26.4 Å². The molecule has 0 spiro atoms. The first-order valence-corrected chi connectivity index (χ1v) is 8.79. The van der Waals surface area contributed by atoms with E-state index in [1.54, 1.807) is 0 Å². The number of hydrogen-bond acceptors (Lipinski definition) is 5. The highest BCUT2D eigenvalue weighted by molar-refractivity contribution is 6.62. The molecule has 0 rings (SSSR count). The molecule has 4 N–H and O–H groups in total. The van der Waals surface area contributed by atoms with Gasteiger partial charge in [0.05, 0.1) is 0 Å². The standard InChI is InChI=1S/C12H30N2O3Si/c1-5-11(14)12(9-10-13)18(15-6-2,16-7-3)17-8-4/h11-12H,5-10,13-14H2,1-4H3. The average molecular weight is 278 g/mol. The van der Waals surface area contributed by atoms with Crippen LogP contribution in [0.2, 0.25) is 5.54 Å². The molecule has 0 fully saturated rings. The molecule has 6 heteroatoms. The fourth-order valence-corrected chi connectivity index (χ4v) is 5.55. The van der Waals surface area contributed by atoms with Crippen LogP contribution < -0.4 is 11.5 Å². The third-order valence-electron chi connectivity index (χ3n) is 2.96. The minimum Gasteiger partial charge on any atom is -0.374 e. The molecular weight excluding hydrogens is 248 g/mol. The van der Waals surface area contributed by atoms with E-state index in [4.69, 9.17) is 24.7 Å². The van der Waals surface area contributed by atoms with Crippen molar-refractivity contribution in [2.24, 2.45) is 11.5 Å². The molecule has 0 saturated heterocycles. The van der Waals surface area contributed by atoms with Gasteiger partial charge in [-0.15, -0.1) is 0 Å². The van der Waals surface area contributed by atoms with Crippen molar-refractivity contribution in [1.29, 1.82) is 0 Å². The molecule has 5 nitrogen and oxygen atoms in total. The first-order valence-electron chi connectivity index (χ1n) is 6.99. The van der Waals surface area contributed by atoms with E-state index in [1.807, 2.05) is 20.8 Å². The number of nitrogens with two attached hydrogens (primary N) is 2. The van der Waals surface area contributed by atoms with Gasteiger partial charge in [-0.3, -0.25) is 0 Å². The van der Waals surface area contributed by atoms with Gasteiger partial charge in [-0.1, -0.05) is 6.92 Å². The molecule has 0 aliphatic carbocycles. The molecule has 18 heavy (non-hydrogen) atoms. The van der Waals surface area contributed by atoms with Crippen LogP contribution in [0.5, 0.6) is 0 Å². The Morgan fingerprint density at radius 3 is 1.67 bits per heavy atom. The second-order valence-corrected chi connectivity index (χ2v) is 6.97. The largest absolute Gasteiger partial charge is 0.505 e. The van der Waals surface area contributed by atoms with Gasteiger partial charge in [-0.2, -0.15) is 0 Å². The monoisotopic (exact) mass is 278 g/mol. The van der Waals surface area contributed by atoms with E-state index in [0.717, 1.165) is 12.8 Å². The summed E-state index contributed by atoms with van der Waals surface area (Å²) in [5.41, 5.74) is 12.0. The molecule has 0 saturated carbocycles. The highest BCUT2D eigenvalue weighted by atomic mass is 28.4. The summed E-state index contributed by atoms with van der Waals surface area (Å²) in [5.74, 6) is 0. The number of rotatable bonds is 11. The average Bonchev–Trinajstić information content (AvgIpc) is 2.36. The molecule has 110 valence electrons. The molecular formula is C12H30N2O3Si. The SMILES string of the molecule is CCO[Si](OCC)(OCC)C(CCN)C(N)CC. The summed E-state index contributed by atoms with van der Waals surface area (Å²) in [6.07, 6.45) is 1.65. The summed E-state index contributed by atoms with van der Waals surface area (Å²) in [6.45, 7) is 10.2. The highest BCUT2D eigenvalue weighted by Gasteiger charge is 2.50. The van der Waals surface area contributed by atoms with Crippen LogP contribution in [0.15, 0.2) is 0 Å². The molecule has 0 aliphatic heterocycles. The van der Waals surface area contributed by atoms with Gasteiger partial charge in [0.15, 0.2) is 0 Å². The zero-order valence-corrected chi connectivity index (χ0v) is 13.3. The van der Waals surface area contributed by atoms with Crippen LogP contribution in [-0.2, 0) is 13.3 Å². The van der Waals surface area contributed by atoms with Crippen molar-refractivity contribution in [2.45, 2.75) is 52.1 Å². The summed E-state index contributed by atoms with van der Waals surface area (Å²) in [5, 5.41) is 0. The maximum Gasteiger partial charge on any atom is 0.505 e. The van der Waals surface area contributed by atoms with E-state index in [1.165, 1.54) is 0 Å². The second-order valence-electron chi connectivity index (χ2n) is 4.16. The van der Waals surface area contributed by atoms with Gasteiger partial charge in [0, 0.05) is 31.4 Å². The molecule has 2 atom stereocenters. The van der Waals surface area contributed by atoms with Gasteiger partial charge in [0.25, 0.3) is 0 Å². The molecule has 0 aromatic heterocycles. The molecule has 0 aromatic carbocycles. The first-order chi connectivity index (χ1) is 8.61. The van der Waals surface area contributed by atoms with Crippen LogP contribution in [0.1, 0.15) is 40.5 Å². The van der Waals surface area contributed by atoms with E-state index in [-0.39, 0.29) is 11.6 Å². The maximum atomic E-state index is 6.22. The van der Waals surface area contributed by atoms with E-state index >= 15 is 0 Å². The number of hydrogen-bond donors (Lipinski definition) is 2. The predicted octanol–water partition coefficient (Wildman–Crippen LogP) is 1.49. The van der Waals surface area contributed by atoms with Crippen molar-refractivity contribution in [3.63, 3.8) is 0 Å². The van der Waals surface area contributed by atoms with Crippen molar-refractivity contribution >= 4 is 8.80 Å². The minimum absolute atomic E-state index is 0.00451. The summed E-state index contributed by atoms with van der Waals surface area (Å²) in [7, 11) is -2.73. The molecule has 0 radical (unpaired) electrons. The lowest BCUT2D eigenvalue weighted by atomic mass is 10.1. The van der Waals surface area contributed by atoms with Gasteiger partial charge in [0.1, 0.15) is 0 Å². The third kappa shape index (κ3) is 4.95. The fraction of sp³-hybridized carbons (Fsp3) is 1.00. The lowest BCUT2D eigenvalue weighted by Gasteiger charge is -2.37. The highest BCUT2D eigenvalue weighted by Crippen LogP contribution is 2.32. The second kappa shape index (κ2) is 9.88. The van der Waals surface area contributed by atoms with E-state index in [9.17, 15) is 0 Å². The maximum absolute atomic E-state index is 6.22. The van der Waals surface area contributed by atoms with Crippen molar-refractivity contribution < 1.29 is 13.3 Å². The Bertz CT molecular complexity index is 191. The third-order valence-corrected chi connectivity index (χ3v) is 6.65. The zero-order chi connectivity index (χ0) is 14.0. The van der Waals surface area contributed by atoms with Crippen LogP contribution in [-0.4, -0.2) is 41.2 Å². The van der Waals surface area contributed by atoms with Crippen molar-refractivity contribution in [3.8, 4) is 0 Å². The van der Waals surface area contributed by atoms with Gasteiger partial charge >= 0.3 is 8.80 Å².